The quantitative estimate of drug-likeness (QED) is 0.817. The summed E-state index contributed by atoms with van der Waals surface area (Å²) in [4.78, 5) is 24.8. The van der Waals surface area contributed by atoms with E-state index >= 15 is 0 Å². The monoisotopic (exact) mass is 253 g/mol. The van der Waals surface area contributed by atoms with Crippen molar-refractivity contribution in [3.63, 3.8) is 0 Å². The Hall–Kier alpha value is -1.98. The molecule has 0 saturated carbocycles. The molecule has 0 spiro atoms. The minimum absolute atomic E-state index is 0.112. The minimum Gasteiger partial charge on any atom is -0.481 e. The van der Waals surface area contributed by atoms with E-state index in [2.05, 4.69) is 4.42 Å². The molecule has 0 bridgehead atoms. The summed E-state index contributed by atoms with van der Waals surface area (Å²) in [5, 5.41) is 8.93. The Morgan fingerprint density at radius 3 is 2.61 bits per heavy atom. The SMILES string of the molecule is O=C(OCC(=O)N1CCCCC1)c1ccc(O)o1. The highest BCUT2D eigenvalue weighted by Gasteiger charge is 2.19. The Labute approximate surface area is 104 Å². The lowest BCUT2D eigenvalue weighted by molar-refractivity contribution is -0.135. The Morgan fingerprint density at radius 2 is 2.00 bits per heavy atom. The molecule has 0 atom stereocenters. The van der Waals surface area contributed by atoms with Gasteiger partial charge in [0.1, 0.15) is 0 Å². The molecule has 1 aliphatic heterocycles. The first kappa shape index (κ1) is 12.5. The molecule has 0 unspecified atom stereocenters. The first-order valence-corrected chi connectivity index (χ1v) is 5.90. The molecule has 6 heteroatoms. The first-order chi connectivity index (χ1) is 8.66. The summed E-state index contributed by atoms with van der Waals surface area (Å²) in [5.41, 5.74) is 0. The summed E-state index contributed by atoms with van der Waals surface area (Å²) in [6, 6.07) is 2.53. The fraction of sp³-hybridized carbons (Fsp3) is 0.500. The molecule has 1 aliphatic rings. The Kier molecular flexibility index (Phi) is 3.86. The number of rotatable bonds is 3. The molecule has 1 fully saturated rings. The molecule has 2 heterocycles. The van der Waals surface area contributed by atoms with E-state index in [0.717, 1.165) is 32.4 Å². The second-order valence-corrected chi connectivity index (χ2v) is 4.16. The Bertz CT molecular complexity index is 433. The van der Waals surface area contributed by atoms with Gasteiger partial charge in [0.05, 0.1) is 0 Å². The molecular formula is C12H15NO5. The minimum atomic E-state index is -0.749. The maximum absolute atomic E-state index is 11.7. The molecule has 98 valence electrons. The normalized spacial score (nSPS) is 15.4. The van der Waals surface area contributed by atoms with Crippen LogP contribution in [0.5, 0.6) is 5.95 Å². The zero-order valence-corrected chi connectivity index (χ0v) is 9.92. The van der Waals surface area contributed by atoms with Gasteiger partial charge in [-0.05, 0) is 25.3 Å². The van der Waals surface area contributed by atoms with Gasteiger partial charge in [-0.2, -0.15) is 0 Å². The van der Waals surface area contributed by atoms with Crippen molar-refractivity contribution in [3.8, 4) is 5.95 Å². The van der Waals surface area contributed by atoms with Gasteiger partial charge in [0, 0.05) is 19.2 Å². The third-order valence-electron chi connectivity index (χ3n) is 2.83. The molecule has 1 saturated heterocycles. The van der Waals surface area contributed by atoms with Crippen LogP contribution >= 0.6 is 0 Å². The van der Waals surface area contributed by atoms with Crippen molar-refractivity contribution in [1.82, 2.24) is 4.90 Å². The maximum Gasteiger partial charge on any atom is 0.374 e. The number of carbonyl (C=O) groups is 2. The van der Waals surface area contributed by atoms with Crippen LogP contribution in [0.2, 0.25) is 0 Å². The summed E-state index contributed by atoms with van der Waals surface area (Å²) in [7, 11) is 0. The van der Waals surface area contributed by atoms with Crippen molar-refractivity contribution in [2.24, 2.45) is 0 Å². The molecule has 1 N–H and O–H groups in total. The van der Waals surface area contributed by atoms with Crippen LogP contribution in [0.15, 0.2) is 16.5 Å². The van der Waals surface area contributed by atoms with Crippen LogP contribution in [0, 0.1) is 0 Å². The fourth-order valence-electron chi connectivity index (χ4n) is 1.87. The van der Waals surface area contributed by atoms with Crippen molar-refractivity contribution in [2.45, 2.75) is 19.3 Å². The highest BCUT2D eigenvalue weighted by molar-refractivity contribution is 5.89. The standard InChI is InChI=1S/C12H15NO5/c14-10(13-6-2-1-3-7-13)8-17-12(16)9-4-5-11(15)18-9/h4-5,15H,1-3,6-8H2. The van der Waals surface area contributed by atoms with Gasteiger partial charge in [-0.15, -0.1) is 0 Å². The van der Waals surface area contributed by atoms with Gasteiger partial charge in [0.2, 0.25) is 5.76 Å². The average Bonchev–Trinajstić information content (AvgIpc) is 2.83. The fourth-order valence-corrected chi connectivity index (χ4v) is 1.87. The van der Waals surface area contributed by atoms with Crippen molar-refractivity contribution in [1.29, 1.82) is 0 Å². The molecular weight excluding hydrogens is 238 g/mol. The number of aromatic hydroxyl groups is 1. The molecule has 2 rings (SSSR count). The van der Waals surface area contributed by atoms with E-state index in [4.69, 9.17) is 9.84 Å². The molecule has 18 heavy (non-hydrogen) atoms. The van der Waals surface area contributed by atoms with Gasteiger partial charge in [-0.3, -0.25) is 4.79 Å². The van der Waals surface area contributed by atoms with E-state index in [1.807, 2.05) is 0 Å². The molecule has 1 amide bonds. The lowest BCUT2D eigenvalue weighted by Crippen LogP contribution is -2.38. The lowest BCUT2D eigenvalue weighted by atomic mass is 10.1. The summed E-state index contributed by atoms with van der Waals surface area (Å²) in [6.07, 6.45) is 3.12. The van der Waals surface area contributed by atoms with Gasteiger partial charge in [0.15, 0.2) is 6.61 Å². The Balaban J connectivity index is 1.80. The zero-order chi connectivity index (χ0) is 13.0. The number of likely N-dealkylation sites (tertiary alicyclic amines) is 1. The van der Waals surface area contributed by atoms with Crippen LogP contribution in [0.25, 0.3) is 0 Å². The summed E-state index contributed by atoms with van der Waals surface area (Å²) >= 11 is 0. The second kappa shape index (κ2) is 5.57. The number of ether oxygens (including phenoxy) is 1. The third kappa shape index (κ3) is 3.03. The van der Waals surface area contributed by atoms with Crippen molar-refractivity contribution in [2.75, 3.05) is 19.7 Å². The van der Waals surface area contributed by atoms with Gasteiger partial charge >= 0.3 is 5.97 Å². The number of hydrogen-bond acceptors (Lipinski definition) is 5. The molecule has 1 aromatic heterocycles. The highest BCUT2D eigenvalue weighted by Crippen LogP contribution is 2.14. The van der Waals surface area contributed by atoms with E-state index in [9.17, 15) is 9.59 Å². The van der Waals surface area contributed by atoms with Crippen molar-refractivity contribution in [3.05, 3.63) is 17.9 Å². The molecule has 6 nitrogen and oxygen atoms in total. The van der Waals surface area contributed by atoms with Gasteiger partial charge < -0.3 is 19.2 Å². The van der Waals surface area contributed by atoms with E-state index in [1.165, 1.54) is 12.1 Å². The topological polar surface area (TPSA) is 80.0 Å². The zero-order valence-electron chi connectivity index (χ0n) is 9.92. The van der Waals surface area contributed by atoms with Crippen LogP contribution in [-0.2, 0) is 9.53 Å². The number of nitrogens with zero attached hydrogens (tertiary/aromatic N) is 1. The highest BCUT2D eigenvalue weighted by atomic mass is 16.6. The number of piperidine rings is 1. The van der Waals surface area contributed by atoms with E-state index in [1.54, 1.807) is 4.90 Å². The largest absolute Gasteiger partial charge is 0.481 e. The van der Waals surface area contributed by atoms with Crippen LogP contribution in [-0.4, -0.2) is 41.6 Å². The maximum atomic E-state index is 11.7. The number of furan rings is 1. The summed E-state index contributed by atoms with van der Waals surface area (Å²) in [5.74, 6) is -1.41. The van der Waals surface area contributed by atoms with Gasteiger partial charge in [0.25, 0.3) is 11.9 Å². The second-order valence-electron chi connectivity index (χ2n) is 4.16. The predicted octanol–water partition coefficient (Wildman–Crippen LogP) is 1.15. The summed E-state index contributed by atoms with van der Waals surface area (Å²) in [6.45, 7) is 1.15. The van der Waals surface area contributed by atoms with E-state index in [-0.39, 0.29) is 24.2 Å². The van der Waals surface area contributed by atoms with Gasteiger partial charge in [-0.25, -0.2) is 4.79 Å². The third-order valence-corrected chi connectivity index (χ3v) is 2.83. The number of esters is 1. The molecule has 0 aromatic carbocycles. The van der Waals surface area contributed by atoms with Crippen molar-refractivity contribution < 1.29 is 23.8 Å². The predicted molar refractivity (Wildman–Crippen MR) is 61.1 cm³/mol. The number of hydrogen-bond donors (Lipinski definition) is 1. The van der Waals surface area contributed by atoms with E-state index in [0.29, 0.717) is 0 Å². The summed E-state index contributed by atoms with van der Waals surface area (Å²) < 4.78 is 9.50. The van der Waals surface area contributed by atoms with Crippen LogP contribution in [0.3, 0.4) is 0 Å². The average molecular weight is 253 g/mol. The Morgan fingerprint density at radius 1 is 1.28 bits per heavy atom. The van der Waals surface area contributed by atoms with E-state index < -0.39 is 5.97 Å². The van der Waals surface area contributed by atoms with Crippen molar-refractivity contribution >= 4 is 11.9 Å². The number of carbonyl (C=O) groups excluding carboxylic acids is 2. The smallest absolute Gasteiger partial charge is 0.374 e. The van der Waals surface area contributed by atoms with Crippen LogP contribution in [0.4, 0.5) is 0 Å². The molecule has 0 aliphatic carbocycles. The molecule has 1 aromatic rings. The van der Waals surface area contributed by atoms with Crippen LogP contribution < -0.4 is 0 Å². The first-order valence-electron chi connectivity index (χ1n) is 5.90. The molecule has 0 radical (unpaired) electrons. The van der Waals surface area contributed by atoms with Gasteiger partial charge in [-0.1, -0.05) is 0 Å². The lowest BCUT2D eigenvalue weighted by Gasteiger charge is -2.26. The number of amides is 1. The van der Waals surface area contributed by atoms with Crippen LogP contribution in [0.1, 0.15) is 29.8 Å².